The highest BCUT2D eigenvalue weighted by Gasteiger charge is 2.43. The number of rotatable bonds is 9. The lowest BCUT2D eigenvalue weighted by Crippen LogP contribution is -2.47. The molecule has 2 aromatic rings. The molecule has 11 heteroatoms. The van der Waals surface area contributed by atoms with Gasteiger partial charge in [-0.3, -0.25) is 9.69 Å². The molecule has 0 radical (unpaired) electrons. The minimum Gasteiger partial charge on any atom is -0.379 e. The Morgan fingerprint density at radius 2 is 2.16 bits per heavy atom. The molecule has 0 amide bonds. The maximum Gasteiger partial charge on any atom is 0.267 e. The Bertz CT molecular complexity index is 992. The lowest BCUT2D eigenvalue weighted by atomic mass is 10.2. The first kappa shape index (κ1) is 21.7. The third-order valence-corrected chi connectivity index (χ3v) is 6.40. The predicted octanol–water partition coefficient (Wildman–Crippen LogP) is 1.36. The molecule has 164 valence electrons. The van der Waals surface area contributed by atoms with Crippen molar-refractivity contribution in [3.05, 3.63) is 39.1 Å². The Morgan fingerprint density at radius 3 is 2.87 bits per heavy atom. The van der Waals surface area contributed by atoms with Crippen molar-refractivity contribution in [1.29, 1.82) is 5.26 Å². The highest BCUT2D eigenvalue weighted by atomic mass is 79.9. The first-order chi connectivity index (χ1) is 15.0. The molecule has 0 aromatic carbocycles. The van der Waals surface area contributed by atoms with Crippen molar-refractivity contribution in [1.82, 2.24) is 24.8 Å². The van der Waals surface area contributed by atoms with Gasteiger partial charge in [0, 0.05) is 44.4 Å². The number of anilines is 2. The van der Waals surface area contributed by atoms with Gasteiger partial charge in [-0.25, -0.2) is 15.0 Å². The molecule has 2 unspecified atom stereocenters. The maximum absolute atomic E-state index is 11.6. The van der Waals surface area contributed by atoms with Crippen molar-refractivity contribution >= 4 is 27.7 Å². The van der Waals surface area contributed by atoms with Crippen molar-refractivity contribution in [3.8, 4) is 6.07 Å². The summed E-state index contributed by atoms with van der Waals surface area (Å²) in [7, 11) is 0. The lowest BCUT2D eigenvalue weighted by Gasteiger charge is -2.34. The number of likely N-dealkylation sites (tertiary alicyclic amines) is 1. The fraction of sp³-hybridized carbons (Fsp3) is 0.550. The molecule has 0 aliphatic carbocycles. The normalized spacial score (nSPS) is 21.3. The number of piperazine rings is 1. The lowest BCUT2D eigenvalue weighted by molar-refractivity contribution is 0.112. The molecule has 0 spiro atoms. The molecule has 2 aromatic heterocycles. The third kappa shape index (κ3) is 5.03. The Balaban J connectivity index is 1.15. The van der Waals surface area contributed by atoms with Crippen LogP contribution in [0.4, 0.5) is 11.8 Å². The number of halogens is 1. The van der Waals surface area contributed by atoms with Gasteiger partial charge in [-0.15, -0.1) is 0 Å². The summed E-state index contributed by atoms with van der Waals surface area (Å²) < 4.78 is 6.21. The molecule has 2 saturated heterocycles. The van der Waals surface area contributed by atoms with E-state index in [0.29, 0.717) is 41.2 Å². The first-order valence-electron chi connectivity index (χ1n) is 10.4. The average Bonchev–Trinajstić information content (AvgIpc) is 3.37. The van der Waals surface area contributed by atoms with E-state index in [4.69, 9.17) is 10.00 Å². The molecule has 2 aliphatic heterocycles. The number of nitrogens with one attached hydrogen (secondary N) is 2. The molecule has 31 heavy (non-hydrogen) atoms. The van der Waals surface area contributed by atoms with E-state index in [1.165, 1.54) is 6.33 Å². The number of H-pyrrole nitrogens is 1. The van der Waals surface area contributed by atoms with Gasteiger partial charge in [-0.1, -0.05) is 0 Å². The number of hydrogen-bond acceptors (Lipinski definition) is 9. The molecule has 2 fully saturated rings. The Kier molecular flexibility index (Phi) is 6.80. The van der Waals surface area contributed by atoms with Gasteiger partial charge in [0.1, 0.15) is 16.4 Å². The van der Waals surface area contributed by atoms with Crippen LogP contribution in [0.15, 0.2) is 28.0 Å². The molecule has 3 atom stereocenters. The minimum atomic E-state index is -0.213. The molecular weight excluding hydrogens is 464 g/mol. The summed E-state index contributed by atoms with van der Waals surface area (Å²) in [5, 5.41) is 12.1. The van der Waals surface area contributed by atoms with E-state index >= 15 is 0 Å². The molecule has 2 N–H and O–H groups in total. The van der Waals surface area contributed by atoms with Gasteiger partial charge in [-0.2, -0.15) is 5.26 Å². The van der Waals surface area contributed by atoms with Crippen LogP contribution < -0.4 is 15.8 Å². The second-order valence-corrected chi connectivity index (χ2v) is 8.74. The molecule has 2 aliphatic rings. The van der Waals surface area contributed by atoms with Crippen LogP contribution in [-0.2, 0) is 4.74 Å². The number of aromatic amines is 1. The van der Waals surface area contributed by atoms with Crippen LogP contribution in [-0.4, -0.2) is 75.8 Å². The van der Waals surface area contributed by atoms with Crippen molar-refractivity contribution in [3.63, 3.8) is 0 Å². The number of nitriles is 1. The zero-order valence-corrected chi connectivity index (χ0v) is 18.9. The summed E-state index contributed by atoms with van der Waals surface area (Å²) in [6.07, 6.45) is 6.65. The molecule has 0 saturated carbocycles. The highest BCUT2D eigenvalue weighted by molar-refractivity contribution is 9.10. The van der Waals surface area contributed by atoms with Crippen LogP contribution in [0.5, 0.6) is 0 Å². The number of ether oxygens (including phenoxy) is 1. The fourth-order valence-corrected chi connectivity index (χ4v) is 4.52. The molecular formula is C20H25BrN8O2. The minimum absolute atomic E-state index is 0.0365. The number of hydrogen-bond donors (Lipinski definition) is 2. The van der Waals surface area contributed by atoms with Crippen molar-refractivity contribution in [2.24, 2.45) is 0 Å². The van der Waals surface area contributed by atoms with E-state index in [0.717, 1.165) is 38.4 Å². The van der Waals surface area contributed by atoms with Crippen molar-refractivity contribution < 1.29 is 4.74 Å². The Morgan fingerprint density at radius 1 is 1.35 bits per heavy atom. The quantitative estimate of drug-likeness (QED) is 0.503. The zero-order chi connectivity index (χ0) is 21.8. The van der Waals surface area contributed by atoms with E-state index < -0.39 is 0 Å². The van der Waals surface area contributed by atoms with Crippen LogP contribution >= 0.6 is 15.9 Å². The number of nitrogens with zero attached hydrogens (tertiary/aromatic N) is 6. The van der Waals surface area contributed by atoms with Gasteiger partial charge < -0.3 is 19.9 Å². The van der Waals surface area contributed by atoms with E-state index in [1.54, 1.807) is 12.4 Å². The van der Waals surface area contributed by atoms with Gasteiger partial charge in [0.2, 0.25) is 5.95 Å². The summed E-state index contributed by atoms with van der Waals surface area (Å²) in [4.78, 5) is 31.7. The van der Waals surface area contributed by atoms with Crippen LogP contribution in [0.2, 0.25) is 0 Å². The Labute approximate surface area is 188 Å². The second-order valence-electron chi connectivity index (χ2n) is 7.94. The summed E-state index contributed by atoms with van der Waals surface area (Å²) >= 11 is 3.24. The highest BCUT2D eigenvalue weighted by Crippen LogP contribution is 2.32. The molecule has 4 rings (SSSR count). The Hall–Kier alpha value is -2.55. The van der Waals surface area contributed by atoms with Gasteiger partial charge in [0.05, 0.1) is 30.9 Å². The monoisotopic (exact) mass is 488 g/mol. The van der Waals surface area contributed by atoms with Crippen LogP contribution in [0.1, 0.15) is 25.3 Å². The standard InChI is InChI=1S/C20H25BrN8O2/c1-13(27-18-17(21)19(30)26-12-25-18)11-31-4-2-3-28-9-16-5-15(28)10-29(16)20-23-7-14(6-22)8-24-20/h7-8,12-13,15-16H,2-5,9-11H2,1H3,(H2,25,26,27,30)/t13-,15?,16?/m0/s1. The van der Waals surface area contributed by atoms with Gasteiger partial charge in [-0.05, 0) is 35.7 Å². The van der Waals surface area contributed by atoms with Gasteiger partial charge in [0.15, 0.2) is 0 Å². The van der Waals surface area contributed by atoms with Crippen LogP contribution in [0, 0.1) is 11.3 Å². The second kappa shape index (κ2) is 9.72. The van der Waals surface area contributed by atoms with E-state index in [2.05, 4.69) is 57.1 Å². The smallest absolute Gasteiger partial charge is 0.267 e. The summed E-state index contributed by atoms with van der Waals surface area (Å²) in [6, 6.07) is 3.04. The number of aromatic nitrogens is 4. The van der Waals surface area contributed by atoms with Crippen molar-refractivity contribution in [2.45, 2.75) is 37.9 Å². The van der Waals surface area contributed by atoms with E-state index in [9.17, 15) is 4.79 Å². The largest absolute Gasteiger partial charge is 0.379 e. The third-order valence-electron chi connectivity index (χ3n) is 5.66. The topological polar surface area (TPSA) is 123 Å². The number of fused-ring (bicyclic) bond motifs is 2. The molecule has 2 bridgehead atoms. The van der Waals surface area contributed by atoms with Crippen LogP contribution in [0.3, 0.4) is 0 Å². The van der Waals surface area contributed by atoms with Gasteiger partial charge >= 0.3 is 0 Å². The SMILES string of the molecule is C[C@@H](COCCCN1CC2CC1CN2c1ncc(C#N)cn1)Nc1nc[nH]c(=O)c1Br. The average molecular weight is 489 g/mol. The summed E-state index contributed by atoms with van der Waals surface area (Å²) in [5.74, 6) is 1.24. The molecule has 4 heterocycles. The van der Waals surface area contributed by atoms with Gasteiger partial charge in [0.25, 0.3) is 5.56 Å². The summed E-state index contributed by atoms with van der Waals surface area (Å²) in [5.41, 5.74) is 0.274. The zero-order valence-electron chi connectivity index (χ0n) is 17.3. The maximum atomic E-state index is 11.6. The van der Waals surface area contributed by atoms with E-state index in [-0.39, 0.29) is 11.6 Å². The summed E-state index contributed by atoms with van der Waals surface area (Å²) in [6.45, 7) is 6.16. The van der Waals surface area contributed by atoms with Crippen LogP contribution in [0.25, 0.3) is 0 Å². The van der Waals surface area contributed by atoms with E-state index in [1.807, 2.05) is 6.92 Å². The predicted molar refractivity (Wildman–Crippen MR) is 119 cm³/mol. The molecule has 10 nitrogen and oxygen atoms in total. The fourth-order valence-electron chi connectivity index (χ4n) is 4.18. The van der Waals surface area contributed by atoms with Crippen molar-refractivity contribution in [2.75, 3.05) is 43.1 Å². The first-order valence-corrected chi connectivity index (χ1v) is 11.1.